The molecule has 2 rings (SSSR count). The molecule has 5 nitrogen and oxygen atoms in total. The number of aliphatic carboxylic acids is 1. The Morgan fingerprint density at radius 1 is 1.25 bits per heavy atom. The summed E-state index contributed by atoms with van der Waals surface area (Å²) in [6, 6.07) is 5.44. The SMILES string of the molecule is O=C(O)CC1(NC(=O)NCc2ccc(F)cc2)CCC1. The Hall–Kier alpha value is -2.11. The van der Waals surface area contributed by atoms with Crippen LogP contribution in [0, 0.1) is 5.82 Å². The molecule has 2 amide bonds. The van der Waals surface area contributed by atoms with E-state index in [9.17, 15) is 14.0 Å². The summed E-state index contributed by atoms with van der Waals surface area (Å²) >= 11 is 0. The number of amides is 2. The number of hydrogen-bond acceptors (Lipinski definition) is 2. The first-order valence-corrected chi connectivity index (χ1v) is 6.51. The van der Waals surface area contributed by atoms with Gasteiger partial charge in [0.1, 0.15) is 5.82 Å². The molecule has 1 saturated carbocycles. The van der Waals surface area contributed by atoms with Crippen molar-refractivity contribution in [3.8, 4) is 0 Å². The molecule has 3 N–H and O–H groups in total. The zero-order valence-electron chi connectivity index (χ0n) is 11.0. The first kappa shape index (κ1) is 14.3. The lowest BCUT2D eigenvalue weighted by Crippen LogP contribution is -2.57. The number of benzene rings is 1. The molecule has 0 bridgehead atoms. The average molecular weight is 280 g/mol. The molecule has 1 aliphatic carbocycles. The lowest BCUT2D eigenvalue weighted by Gasteiger charge is -2.41. The minimum atomic E-state index is -0.913. The molecule has 0 heterocycles. The van der Waals surface area contributed by atoms with Gasteiger partial charge in [0, 0.05) is 6.54 Å². The molecule has 1 aromatic rings. The Balaban J connectivity index is 1.83. The van der Waals surface area contributed by atoms with E-state index in [0.717, 1.165) is 12.0 Å². The van der Waals surface area contributed by atoms with Crippen molar-refractivity contribution in [2.24, 2.45) is 0 Å². The van der Waals surface area contributed by atoms with Crippen molar-refractivity contribution >= 4 is 12.0 Å². The maximum Gasteiger partial charge on any atom is 0.315 e. The van der Waals surface area contributed by atoms with Crippen molar-refractivity contribution in [1.29, 1.82) is 0 Å². The van der Waals surface area contributed by atoms with Gasteiger partial charge in [0.05, 0.1) is 12.0 Å². The molecule has 0 atom stereocenters. The van der Waals surface area contributed by atoms with Crippen LogP contribution in [-0.4, -0.2) is 22.6 Å². The minimum absolute atomic E-state index is 0.0586. The van der Waals surface area contributed by atoms with Crippen molar-refractivity contribution in [3.05, 3.63) is 35.6 Å². The highest BCUT2D eigenvalue weighted by molar-refractivity contribution is 5.77. The lowest BCUT2D eigenvalue weighted by molar-refractivity contribution is -0.139. The number of carbonyl (C=O) groups excluding carboxylic acids is 1. The molecule has 1 fully saturated rings. The van der Waals surface area contributed by atoms with Gasteiger partial charge in [0.2, 0.25) is 0 Å². The van der Waals surface area contributed by atoms with Gasteiger partial charge in [-0.2, -0.15) is 0 Å². The fraction of sp³-hybridized carbons (Fsp3) is 0.429. The predicted molar refractivity (Wildman–Crippen MR) is 70.6 cm³/mol. The number of carbonyl (C=O) groups is 2. The third kappa shape index (κ3) is 3.69. The summed E-state index contributed by atoms with van der Waals surface area (Å²) in [7, 11) is 0. The van der Waals surface area contributed by atoms with Crippen LogP contribution in [0.5, 0.6) is 0 Å². The van der Waals surface area contributed by atoms with E-state index in [2.05, 4.69) is 10.6 Å². The van der Waals surface area contributed by atoms with E-state index in [1.165, 1.54) is 12.1 Å². The molecular weight excluding hydrogens is 263 g/mol. The Labute approximate surface area is 116 Å². The Morgan fingerprint density at radius 3 is 2.40 bits per heavy atom. The molecule has 0 saturated heterocycles. The first-order valence-electron chi connectivity index (χ1n) is 6.51. The molecular formula is C14H17FN2O3. The normalized spacial score (nSPS) is 16.1. The molecule has 1 aliphatic rings. The zero-order chi connectivity index (χ0) is 14.6. The molecule has 6 heteroatoms. The third-order valence-electron chi connectivity index (χ3n) is 3.55. The van der Waals surface area contributed by atoms with Gasteiger partial charge in [-0.05, 0) is 37.0 Å². The summed E-state index contributed by atoms with van der Waals surface area (Å²) in [5, 5.41) is 14.2. The van der Waals surface area contributed by atoms with Gasteiger partial charge in [0.15, 0.2) is 0 Å². The maximum atomic E-state index is 12.7. The van der Waals surface area contributed by atoms with Gasteiger partial charge in [-0.25, -0.2) is 9.18 Å². The van der Waals surface area contributed by atoms with Crippen molar-refractivity contribution in [3.63, 3.8) is 0 Å². The van der Waals surface area contributed by atoms with Crippen LogP contribution in [0.15, 0.2) is 24.3 Å². The van der Waals surface area contributed by atoms with E-state index in [0.29, 0.717) is 12.8 Å². The van der Waals surface area contributed by atoms with Crippen LogP contribution in [0.25, 0.3) is 0 Å². The monoisotopic (exact) mass is 280 g/mol. The number of hydrogen-bond donors (Lipinski definition) is 3. The largest absolute Gasteiger partial charge is 0.481 e. The Kier molecular flexibility index (Phi) is 4.22. The highest BCUT2D eigenvalue weighted by atomic mass is 19.1. The number of urea groups is 1. The van der Waals surface area contributed by atoms with Gasteiger partial charge in [-0.15, -0.1) is 0 Å². The van der Waals surface area contributed by atoms with E-state index >= 15 is 0 Å². The summed E-state index contributed by atoms with van der Waals surface area (Å²) in [5.41, 5.74) is 0.168. The molecule has 0 spiro atoms. The predicted octanol–water partition coefficient (Wildman–Crippen LogP) is 2.02. The molecule has 0 radical (unpaired) electrons. The highest BCUT2D eigenvalue weighted by Gasteiger charge is 2.40. The van der Waals surface area contributed by atoms with E-state index < -0.39 is 17.5 Å². The second-order valence-corrected chi connectivity index (χ2v) is 5.14. The van der Waals surface area contributed by atoms with Gasteiger partial charge in [0.25, 0.3) is 0 Å². The van der Waals surface area contributed by atoms with Gasteiger partial charge in [-0.3, -0.25) is 4.79 Å². The molecule has 0 unspecified atom stereocenters. The molecule has 108 valence electrons. The molecule has 0 aliphatic heterocycles. The Morgan fingerprint density at radius 2 is 1.90 bits per heavy atom. The van der Waals surface area contributed by atoms with Crippen LogP contribution in [0.4, 0.5) is 9.18 Å². The van der Waals surface area contributed by atoms with Crippen LogP contribution >= 0.6 is 0 Å². The second-order valence-electron chi connectivity index (χ2n) is 5.14. The first-order chi connectivity index (χ1) is 9.49. The van der Waals surface area contributed by atoms with E-state index in [4.69, 9.17) is 5.11 Å². The summed E-state index contributed by atoms with van der Waals surface area (Å²) in [6.45, 7) is 0.273. The topological polar surface area (TPSA) is 78.4 Å². The fourth-order valence-corrected chi connectivity index (χ4v) is 2.31. The quantitative estimate of drug-likeness (QED) is 0.772. The minimum Gasteiger partial charge on any atom is -0.481 e. The zero-order valence-corrected chi connectivity index (χ0v) is 11.0. The van der Waals surface area contributed by atoms with Crippen molar-refractivity contribution < 1.29 is 19.1 Å². The number of rotatable bonds is 5. The van der Waals surface area contributed by atoms with Crippen LogP contribution in [-0.2, 0) is 11.3 Å². The van der Waals surface area contributed by atoms with E-state index in [-0.39, 0.29) is 18.8 Å². The van der Waals surface area contributed by atoms with Crippen LogP contribution in [0.3, 0.4) is 0 Å². The number of carboxylic acids is 1. The summed E-state index contributed by atoms with van der Waals surface area (Å²) in [4.78, 5) is 22.6. The Bertz CT molecular complexity index is 498. The average Bonchev–Trinajstić information content (AvgIpc) is 2.35. The summed E-state index contributed by atoms with van der Waals surface area (Å²) in [6.07, 6.45) is 2.23. The number of halogens is 1. The van der Waals surface area contributed by atoms with Gasteiger partial charge >= 0.3 is 12.0 Å². The lowest BCUT2D eigenvalue weighted by atomic mass is 9.74. The number of nitrogens with one attached hydrogen (secondary N) is 2. The summed E-state index contributed by atoms with van der Waals surface area (Å²) < 4.78 is 12.7. The van der Waals surface area contributed by atoms with Gasteiger partial charge < -0.3 is 15.7 Å². The summed E-state index contributed by atoms with van der Waals surface area (Å²) in [5.74, 6) is -1.24. The molecule has 20 heavy (non-hydrogen) atoms. The molecule has 0 aromatic heterocycles. The van der Waals surface area contributed by atoms with Crippen molar-refractivity contribution in [1.82, 2.24) is 10.6 Å². The number of carboxylic acid groups (broad SMARTS) is 1. The smallest absolute Gasteiger partial charge is 0.315 e. The second kappa shape index (κ2) is 5.90. The van der Waals surface area contributed by atoms with Crippen molar-refractivity contribution in [2.75, 3.05) is 0 Å². The molecule has 1 aromatic carbocycles. The standard InChI is InChI=1S/C14H17FN2O3/c15-11-4-2-10(3-5-11)9-16-13(20)17-14(6-1-7-14)8-12(18)19/h2-5H,1,6-9H2,(H,18,19)(H2,16,17,20). The van der Waals surface area contributed by atoms with Crippen molar-refractivity contribution in [2.45, 2.75) is 37.8 Å². The van der Waals surface area contributed by atoms with Crippen LogP contribution in [0.1, 0.15) is 31.2 Å². The van der Waals surface area contributed by atoms with Crippen LogP contribution < -0.4 is 10.6 Å². The van der Waals surface area contributed by atoms with E-state index in [1.54, 1.807) is 12.1 Å². The highest BCUT2D eigenvalue weighted by Crippen LogP contribution is 2.34. The van der Waals surface area contributed by atoms with Gasteiger partial charge in [-0.1, -0.05) is 12.1 Å². The van der Waals surface area contributed by atoms with E-state index in [1.807, 2.05) is 0 Å². The third-order valence-corrected chi connectivity index (χ3v) is 3.55. The fourth-order valence-electron chi connectivity index (χ4n) is 2.31. The van der Waals surface area contributed by atoms with Crippen LogP contribution in [0.2, 0.25) is 0 Å². The maximum absolute atomic E-state index is 12.7.